The van der Waals surface area contributed by atoms with E-state index in [9.17, 15) is 9.59 Å². The molecule has 9 heavy (non-hydrogen) atoms. The van der Waals surface area contributed by atoms with Crippen LogP contribution in [-0.2, 0) is 9.59 Å². The van der Waals surface area contributed by atoms with Crippen LogP contribution >= 0.6 is 0 Å². The smallest absolute Gasteiger partial charge is 0.145 e. The lowest BCUT2D eigenvalue weighted by Crippen LogP contribution is -2.19. The summed E-state index contributed by atoms with van der Waals surface area (Å²) in [7, 11) is 0. The summed E-state index contributed by atoms with van der Waals surface area (Å²) in [6.07, 6.45) is 0.692. The molecule has 0 N–H and O–H groups in total. The molecule has 0 radical (unpaired) electrons. The molecule has 0 spiro atoms. The van der Waals surface area contributed by atoms with Crippen molar-refractivity contribution in [3.63, 3.8) is 0 Å². The maximum Gasteiger partial charge on any atom is 0.145 e. The van der Waals surface area contributed by atoms with E-state index in [1.807, 2.05) is 0 Å². The van der Waals surface area contributed by atoms with Crippen LogP contribution in [0.25, 0.3) is 0 Å². The van der Waals surface area contributed by atoms with Gasteiger partial charge in [0.1, 0.15) is 12.1 Å². The van der Waals surface area contributed by atoms with Crippen molar-refractivity contribution < 1.29 is 9.59 Å². The first-order valence-corrected chi connectivity index (χ1v) is 2.95. The van der Waals surface area contributed by atoms with Gasteiger partial charge in [0.25, 0.3) is 0 Å². The summed E-state index contributed by atoms with van der Waals surface area (Å²) in [5, 5.41) is 0. The van der Waals surface area contributed by atoms with Crippen molar-refractivity contribution >= 4 is 12.1 Å². The first-order chi connectivity index (χ1) is 3.98. The molecule has 0 unspecified atom stereocenters. The van der Waals surface area contributed by atoms with E-state index in [4.69, 9.17) is 0 Å². The predicted octanol–water partition coefficient (Wildman–Crippen LogP) is 1.19. The largest absolute Gasteiger partial charge is 0.303 e. The molecule has 0 fully saturated rings. The fourth-order valence-electron chi connectivity index (χ4n) is 0.382. The van der Waals surface area contributed by atoms with Crippen LogP contribution in [0.1, 0.15) is 27.2 Å². The Morgan fingerprint density at radius 3 is 2.00 bits per heavy atom. The molecule has 2 nitrogen and oxygen atoms in total. The average molecular weight is 128 g/mol. The summed E-state index contributed by atoms with van der Waals surface area (Å²) in [5.74, 6) is -0.00231. The third-order valence-corrected chi connectivity index (χ3v) is 1.11. The second-order valence-electron chi connectivity index (χ2n) is 3.04. The van der Waals surface area contributed by atoms with E-state index in [1.54, 1.807) is 20.8 Å². The Balaban J connectivity index is 3.88. The van der Waals surface area contributed by atoms with Gasteiger partial charge in [-0.15, -0.1) is 0 Å². The average Bonchev–Trinajstić information content (AvgIpc) is 1.64. The Hall–Kier alpha value is -0.660. The van der Waals surface area contributed by atoms with Crippen LogP contribution in [0.3, 0.4) is 0 Å². The van der Waals surface area contributed by atoms with Crippen molar-refractivity contribution in [3.8, 4) is 0 Å². The molecule has 0 aromatic rings. The highest BCUT2D eigenvalue weighted by Gasteiger charge is 2.19. The highest BCUT2D eigenvalue weighted by molar-refractivity contribution is 5.93. The van der Waals surface area contributed by atoms with Crippen molar-refractivity contribution in [2.75, 3.05) is 0 Å². The lowest BCUT2D eigenvalue weighted by Gasteiger charge is -2.13. The standard InChI is InChI=1S/C7H12O2/c1-7(2,3)6(9)4-5-8/h5H,4H2,1-3H3. The van der Waals surface area contributed by atoms with E-state index < -0.39 is 0 Å². The number of carbonyl (C=O) groups excluding carboxylic acids is 2. The van der Waals surface area contributed by atoms with Crippen molar-refractivity contribution in [2.24, 2.45) is 5.41 Å². The number of hydrogen-bond donors (Lipinski definition) is 0. The highest BCUT2D eigenvalue weighted by Crippen LogP contribution is 2.15. The van der Waals surface area contributed by atoms with Crippen LogP contribution in [0.5, 0.6) is 0 Å². The molecule has 0 aromatic carbocycles. The monoisotopic (exact) mass is 128 g/mol. The zero-order valence-corrected chi connectivity index (χ0v) is 6.10. The number of ketones is 1. The fraction of sp³-hybridized carbons (Fsp3) is 0.714. The molecule has 0 aromatic heterocycles. The number of carbonyl (C=O) groups is 2. The van der Waals surface area contributed by atoms with Crippen LogP contribution < -0.4 is 0 Å². The van der Waals surface area contributed by atoms with Crippen LogP contribution in [-0.4, -0.2) is 12.1 Å². The Labute approximate surface area is 55.3 Å². The Bertz CT molecular complexity index is 119. The van der Waals surface area contributed by atoms with Crippen LogP contribution in [0, 0.1) is 5.41 Å². The third-order valence-electron chi connectivity index (χ3n) is 1.11. The minimum atomic E-state index is -0.360. The van der Waals surface area contributed by atoms with Crippen molar-refractivity contribution in [1.29, 1.82) is 0 Å². The molecule has 0 rings (SSSR count). The molecule has 0 aliphatic heterocycles. The van der Waals surface area contributed by atoms with E-state index in [0.717, 1.165) is 0 Å². The lowest BCUT2D eigenvalue weighted by molar-refractivity contribution is -0.128. The number of aldehydes is 1. The van der Waals surface area contributed by atoms with Gasteiger partial charge >= 0.3 is 0 Å². The van der Waals surface area contributed by atoms with Gasteiger partial charge in [-0.05, 0) is 0 Å². The van der Waals surface area contributed by atoms with Gasteiger partial charge in [-0.25, -0.2) is 0 Å². The fourth-order valence-corrected chi connectivity index (χ4v) is 0.382. The van der Waals surface area contributed by atoms with E-state index in [-0.39, 0.29) is 17.6 Å². The van der Waals surface area contributed by atoms with Gasteiger partial charge in [0.2, 0.25) is 0 Å². The van der Waals surface area contributed by atoms with E-state index in [0.29, 0.717) is 6.29 Å². The Kier molecular flexibility index (Phi) is 2.56. The molecule has 0 atom stereocenters. The molecular formula is C7H12O2. The number of rotatable bonds is 2. The van der Waals surface area contributed by atoms with Gasteiger partial charge in [-0.3, -0.25) is 4.79 Å². The van der Waals surface area contributed by atoms with Gasteiger partial charge in [0, 0.05) is 5.41 Å². The van der Waals surface area contributed by atoms with Crippen molar-refractivity contribution in [2.45, 2.75) is 27.2 Å². The second-order valence-corrected chi connectivity index (χ2v) is 3.04. The maximum atomic E-state index is 10.8. The van der Waals surface area contributed by atoms with Crippen molar-refractivity contribution in [1.82, 2.24) is 0 Å². The summed E-state index contributed by atoms with van der Waals surface area (Å²) in [5.41, 5.74) is -0.360. The molecule has 0 bridgehead atoms. The highest BCUT2D eigenvalue weighted by atomic mass is 16.1. The molecule has 52 valence electrons. The number of hydrogen-bond acceptors (Lipinski definition) is 2. The third kappa shape index (κ3) is 3.01. The molecule has 0 amide bonds. The van der Waals surface area contributed by atoms with Crippen LogP contribution in [0.4, 0.5) is 0 Å². The van der Waals surface area contributed by atoms with E-state index >= 15 is 0 Å². The van der Waals surface area contributed by atoms with E-state index in [1.165, 1.54) is 0 Å². The normalized spacial score (nSPS) is 11.0. The number of Topliss-reactive ketones (excluding diaryl/α,β-unsaturated/α-hetero) is 1. The lowest BCUT2D eigenvalue weighted by atomic mass is 9.89. The molecule has 0 aliphatic rings. The van der Waals surface area contributed by atoms with Gasteiger partial charge in [0.05, 0.1) is 6.42 Å². The minimum Gasteiger partial charge on any atom is -0.303 e. The van der Waals surface area contributed by atoms with Gasteiger partial charge < -0.3 is 4.79 Å². The summed E-state index contributed by atoms with van der Waals surface area (Å²) in [6.45, 7) is 5.41. The van der Waals surface area contributed by atoms with Gasteiger partial charge in [-0.1, -0.05) is 20.8 Å². The summed E-state index contributed by atoms with van der Waals surface area (Å²) >= 11 is 0. The van der Waals surface area contributed by atoms with Crippen LogP contribution in [0.15, 0.2) is 0 Å². The first-order valence-electron chi connectivity index (χ1n) is 2.95. The molecule has 0 saturated heterocycles. The predicted molar refractivity (Wildman–Crippen MR) is 35.1 cm³/mol. The second kappa shape index (κ2) is 2.76. The quantitative estimate of drug-likeness (QED) is 0.413. The zero-order chi connectivity index (χ0) is 7.49. The minimum absolute atomic E-state index is 0.00231. The molecule has 2 heteroatoms. The molecule has 0 aliphatic carbocycles. The van der Waals surface area contributed by atoms with Gasteiger partial charge in [0.15, 0.2) is 0 Å². The Morgan fingerprint density at radius 1 is 1.44 bits per heavy atom. The molecule has 0 saturated carbocycles. The molecular weight excluding hydrogens is 116 g/mol. The summed E-state index contributed by atoms with van der Waals surface area (Å²) < 4.78 is 0. The SMILES string of the molecule is CC(C)(C)C(=O)CC=O. The first kappa shape index (κ1) is 8.34. The van der Waals surface area contributed by atoms with Crippen molar-refractivity contribution in [3.05, 3.63) is 0 Å². The van der Waals surface area contributed by atoms with Gasteiger partial charge in [-0.2, -0.15) is 0 Å². The maximum absolute atomic E-state index is 10.8. The van der Waals surface area contributed by atoms with E-state index in [2.05, 4.69) is 0 Å². The zero-order valence-electron chi connectivity index (χ0n) is 6.10. The summed E-state index contributed by atoms with van der Waals surface area (Å²) in [6, 6.07) is 0. The topological polar surface area (TPSA) is 34.1 Å². The van der Waals surface area contributed by atoms with Crippen LogP contribution in [0.2, 0.25) is 0 Å². The summed E-state index contributed by atoms with van der Waals surface area (Å²) in [4.78, 5) is 20.7. The molecule has 0 heterocycles. The Morgan fingerprint density at radius 2 is 1.89 bits per heavy atom.